The fraction of sp³-hybridized carbons (Fsp3) is 0.286. The largest absolute Gasteiger partial charge is 0.354 e. The van der Waals surface area contributed by atoms with Crippen LogP contribution in [0.4, 0.5) is 11.6 Å². The summed E-state index contributed by atoms with van der Waals surface area (Å²) in [6.45, 7) is 3.41. The Bertz CT molecular complexity index is 945. The molecule has 1 N–H and O–H groups in total. The van der Waals surface area contributed by atoms with E-state index in [2.05, 4.69) is 30.4 Å². The van der Waals surface area contributed by atoms with E-state index in [-0.39, 0.29) is 11.8 Å². The van der Waals surface area contributed by atoms with Crippen molar-refractivity contribution in [1.29, 1.82) is 0 Å². The highest BCUT2D eigenvalue weighted by molar-refractivity contribution is 5.92. The van der Waals surface area contributed by atoms with Crippen LogP contribution in [0.3, 0.4) is 0 Å². The van der Waals surface area contributed by atoms with Crippen LogP contribution in [0.25, 0.3) is 11.3 Å². The van der Waals surface area contributed by atoms with E-state index in [4.69, 9.17) is 0 Å². The van der Waals surface area contributed by atoms with Crippen molar-refractivity contribution in [3.63, 3.8) is 0 Å². The standard InChI is InChI=1S/C21H22N6O/c1-15-4-2-6-19(23-15)24-21(28)17-5-3-13-27(14-17)20-8-7-18(25-26-20)16-9-11-22-12-10-16/h2,4,6-12,17H,3,5,13-14H2,1H3,(H,23,24,28). The number of nitrogens with one attached hydrogen (secondary N) is 1. The van der Waals surface area contributed by atoms with Crippen LogP contribution in [0, 0.1) is 12.8 Å². The summed E-state index contributed by atoms with van der Waals surface area (Å²) in [6, 6.07) is 13.4. The SMILES string of the molecule is Cc1cccc(NC(=O)C2CCCN(c3ccc(-c4ccncc4)nn3)C2)n1. The molecule has 28 heavy (non-hydrogen) atoms. The Morgan fingerprint density at radius 1 is 1.11 bits per heavy atom. The van der Waals surface area contributed by atoms with Crippen molar-refractivity contribution in [2.24, 2.45) is 5.92 Å². The van der Waals surface area contributed by atoms with Crippen molar-refractivity contribution in [3.8, 4) is 11.3 Å². The molecule has 0 radical (unpaired) electrons. The van der Waals surface area contributed by atoms with Crippen LogP contribution >= 0.6 is 0 Å². The molecule has 142 valence electrons. The van der Waals surface area contributed by atoms with Gasteiger partial charge < -0.3 is 10.2 Å². The third-order valence-corrected chi connectivity index (χ3v) is 4.88. The number of hydrogen-bond acceptors (Lipinski definition) is 6. The molecule has 1 aliphatic heterocycles. The molecule has 3 aromatic heterocycles. The highest BCUT2D eigenvalue weighted by Crippen LogP contribution is 2.24. The fourth-order valence-electron chi connectivity index (χ4n) is 3.41. The molecule has 1 fully saturated rings. The monoisotopic (exact) mass is 374 g/mol. The van der Waals surface area contributed by atoms with Crippen LogP contribution in [0.1, 0.15) is 18.5 Å². The van der Waals surface area contributed by atoms with Crippen LogP contribution < -0.4 is 10.2 Å². The molecule has 0 aromatic carbocycles. The van der Waals surface area contributed by atoms with E-state index >= 15 is 0 Å². The maximum absolute atomic E-state index is 12.7. The van der Waals surface area contributed by atoms with Gasteiger partial charge in [-0.25, -0.2) is 4.98 Å². The normalized spacial score (nSPS) is 16.6. The van der Waals surface area contributed by atoms with E-state index in [0.717, 1.165) is 42.2 Å². The second kappa shape index (κ2) is 8.12. The molecule has 7 heteroatoms. The molecular formula is C21H22N6O. The van der Waals surface area contributed by atoms with Gasteiger partial charge in [-0.1, -0.05) is 6.07 Å². The van der Waals surface area contributed by atoms with E-state index in [1.807, 2.05) is 49.4 Å². The second-order valence-corrected chi connectivity index (χ2v) is 6.95. The number of carbonyl (C=O) groups is 1. The molecule has 0 bridgehead atoms. The summed E-state index contributed by atoms with van der Waals surface area (Å²) in [6.07, 6.45) is 5.27. The molecule has 1 atom stereocenters. The van der Waals surface area contributed by atoms with E-state index in [1.54, 1.807) is 12.4 Å². The number of amides is 1. The van der Waals surface area contributed by atoms with Crippen LogP contribution in [0.15, 0.2) is 54.9 Å². The minimum atomic E-state index is -0.0993. The zero-order valence-electron chi connectivity index (χ0n) is 15.7. The van der Waals surface area contributed by atoms with Gasteiger partial charge in [0.05, 0.1) is 11.6 Å². The van der Waals surface area contributed by atoms with Crippen molar-refractivity contribution in [1.82, 2.24) is 20.2 Å². The van der Waals surface area contributed by atoms with Gasteiger partial charge in [-0.3, -0.25) is 9.78 Å². The third-order valence-electron chi connectivity index (χ3n) is 4.88. The van der Waals surface area contributed by atoms with Crippen LogP contribution in [-0.2, 0) is 4.79 Å². The van der Waals surface area contributed by atoms with Crippen LogP contribution in [0.5, 0.6) is 0 Å². The van der Waals surface area contributed by atoms with Crippen LogP contribution in [-0.4, -0.2) is 39.2 Å². The van der Waals surface area contributed by atoms with Crippen molar-refractivity contribution in [2.45, 2.75) is 19.8 Å². The van der Waals surface area contributed by atoms with Crippen molar-refractivity contribution < 1.29 is 4.79 Å². The minimum absolute atomic E-state index is 0.00386. The average molecular weight is 374 g/mol. The summed E-state index contributed by atoms with van der Waals surface area (Å²) in [7, 11) is 0. The van der Waals surface area contributed by atoms with E-state index in [1.165, 1.54) is 0 Å². The quantitative estimate of drug-likeness (QED) is 0.755. The van der Waals surface area contributed by atoms with E-state index < -0.39 is 0 Å². The maximum Gasteiger partial charge on any atom is 0.230 e. The number of aryl methyl sites for hydroxylation is 1. The topological polar surface area (TPSA) is 83.9 Å². The molecule has 1 saturated heterocycles. The number of aromatic nitrogens is 4. The van der Waals surface area contributed by atoms with Gasteiger partial charge in [0.1, 0.15) is 5.82 Å². The maximum atomic E-state index is 12.7. The Labute approximate surface area is 163 Å². The van der Waals surface area contributed by atoms with Gasteiger partial charge in [0.2, 0.25) is 5.91 Å². The number of nitrogens with zero attached hydrogens (tertiary/aromatic N) is 5. The van der Waals surface area contributed by atoms with E-state index in [0.29, 0.717) is 12.4 Å². The zero-order chi connectivity index (χ0) is 19.3. The summed E-state index contributed by atoms with van der Waals surface area (Å²) in [4.78, 5) is 23.2. The third kappa shape index (κ3) is 4.14. The summed E-state index contributed by atoms with van der Waals surface area (Å²) < 4.78 is 0. The van der Waals surface area contributed by atoms with Gasteiger partial charge in [-0.15, -0.1) is 10.2 Å². The lowest BCUT2D eigenvalue weighted by Crippen LogP contribution is -2.41. The molecule has 4 heterocycles. The number of piperidine rings is 1. The van der Waals surface area contributed by atoms with Gasteiger partial charge in [0, 0.05) is 36.7 Å². The van der Waals surface area contributed by atoms with Gasteiger partial charge in [0.15, 0.2) is 5.82 Å². The number of rotatable bonds is 4. The predicted molar refractivity (Wildman–Crippen MR) is 108 cm³/mol. The first-order valence-corrected chi connectivity index (χ1v) is 9.42. The average Bonchev–Trinajstić information content (AvgIpc) is 2.75. The molecule has 3 aromatic rings. The van der Waals surface area contributed by atoms with E-state index in [9.17, 15) is 4.79 Å². The molecule has 7 nitrogen and oxygen atoms in total. The first kappa shape index (κ1) is 18.0. The van der Waals surface area contributed by atoms with Gasteiger partial charge in [-0.05, 0) is 56.2 Å². The lowest BCUT2D eigenvalue weighted by molar-refractivity contribution is -0.120. The van der Waals surface area contributed by atoms with Crippen LogP contribution in [0.2, 0.25) is 0 Å². The molecule has 1 unspecified atom stereocenters. The van der Waals surface area contributed by atoms with Crippen molar-refractivity contribution in [2.75, 3.05) is 23.3 Å². The summed E-state index contributed by atoms with van der Waals surface area (Å²) in [5.41, 5.74) is 2.67. The van der Waals surface area contributed by atoms with Gasteiger partial charge in [-0.2, -0.15) is 0 Å². The Morgan fingerprint density at radius 3 is 2.71 bits per heavy atom. The lowest BCUT2D eigenvalue weighted by atomic mass is 9.97. The second-order valence-electron chi connectivity index (χ2n) is 6.95. The molecule has 1 amide bonds. The fourth-order valence-corrected chi connectivity index (χ4v) is 3.41. The summed E-state index contributed by atoms with van der Waals surface area (Å²) >= 11 is 0. The highest BCUT2D eigenvalue weighted by atomic mass is 16.2. The zero-order valence-corrected chi connectivity index (χ0v) is 15.7. The number of pyridine rings is 2. The Kier molecular flexibility index (Phi) is 5.23. The summed E-state index contributed by atoms with van der Waals surface area (Å²) in [5, 5.41) is 11.7. The molecule has 4 rings (SSSR count). The Morgan fingerprint density at radius 2 is 1.96 bits per heavy atom. The first-order valence-electron chi connectivity index (χ1n) is 9.42. The smallest absolute Gasteiger partial charge is 0.230 e. The Hall–Kier alpha value is -3.35. The first-order chi connectivity index (χ1) is 13.7. The van der Waals surface area contributed by atoms with Crippen molar-refractivity contribution >= 4 is 17.5 Å². The molecule has 0 spiro atoms. The predicted octanol–water partition coefficient (Wildman–Crippen LogP) is 3.10. The highest BCUT2D eigenvalue weighted by Gasteiger charge is 2.27. The molecule has 0 saturated carbocycles. The van der Waals surface area contributed by atoms with Crippen molar-refractivity contribution in [3.05, 3.63) is 60.6 Å². The number of anilines is 2. The lowest BCUT2D eigenvalue weighted by Gasteiger charge is -2.32. The molecule has 0 aliphatic carbocycles. The number of carbonyl (C=O) groups excluding carboxylic acids is 1. The number of hydrogen-bond donors (Lipinski definition) is 1. The van der Waals surface area contributed by atoms with Gasteiger partial charge >= 0.3 is 0 Å². The molecular weight excluding hydrogens is 352 g/mol. The van der Waals surface area contributed by atoms with Gasteiger partial charge in [0.25, 0.3) is 0 Å². The Balaban J connectivity index is 1.42. The molecule has 1 aliphatic rings. The summed E-state index contributed by atoms with van der Waals surface area (Å²) in [5.74, 6) is 1.30. The minimum Gasteiger partial charge on any atom is -0.354 e.